The molecule has 2 rings (SSSR count). The summed E-state index contributed by atoms with van der Waals surface area (Å²) in [7, 11) is 0. The minimum absolute atomic E-state index is 0.674. The lowest BCUT2D eigenvalue weighted by atomic mass is 10.0. The van der Waals surface area contributed by atoms with Crippen molar-refractivity contribution in [2.75, 3.05) is 11.1 Å². The van der Waals surface area contributed by atoms with E-state index in [0.717, 1.165) is 11.4 Å². The van der Waals surface area contributed by atoms with E-state index < -0.39 is 0 Å². The number of nitrogen functional groups attached to an aromatic ring is 1. The first-order valence-electron chi connectivity index (χ1n) is 5.87. The number of aryl methyl sites for hydroxylation is 3. The van der Waals surface area contributed by atoms with Gasteiger partial charge < -0.3 is 11.1 Å². The molecule has 0 saturated heterocycles. The Kier molecular flexibility index (Phi) is 3.48. The molecule has 0 saturated carbocycles. The normalized spacial score (nSPS) is 10.4. The van der Waals surface area contributed by atoms with Gasteiger partial charge in [0.25, 0.3) is 0 Å². The summed E-state index contributed by atoms with van der Waals surface area (Å²) in [6.45, 7) is 6.29. The standard InChI is InChI=1S/C15H17ClN2/c1-9-6-11(3)14(7-10(9)2)18-15-8-12(16)4-5-13(15)17/h4-8,18H,17H2,1-3H3. The van der Waals surface area contributed by atoms with Crippen molar-refractivity contribution in [3.05, 3.63) is 52.0 Å². The molecule has 0 radical (unpaired) electrons. The van der Waals surface area contributed by atoms with Crippen LogP contribution in [0, 0.1) is 20.8 Å². The van der Waals surface area contributed by atoms with Gasteiger partial charge in [0.15, 0.2) is 0 Å². The molecular formula is C15H17ClN2. The van der Waals surface area contributed by atoms with Gasteiger partial charge in [-0.25, -0.2) is 0 Å². The maximum absolute atomic E-state index is 5.98. The van der Waals surface area contributed by atoms with Gasteiger partial charge in [0, 0.05) is 10.7 Å². The van der Waals surface area contributed by atoms with Crippen LogP contribution >= 0.6 is 11.6 Å². The van der Waals surface area contributed by atoms with Crippen molar-refractivity contribution in [1.82, 2.24) is 0 Å². The first-order valence-corrected chi connectivity index (χ1v) is 6.25. The lowest BCUT2D eigenvalue weighted by Crippen LogP contribution is -1.99. The highest BCUT2D eigenvalue weighted by molar-refractivity contribution is 6.31. The quantitative estimate of drug-likeness (QED) is 0.775. The molecule has 2 aromatic rings. The van der Waals surface area contributed by atoms with E-state index in [-0.39, 0.29) is 0 Å². The molecule has 3 heteroatoms. The monoisotopic (exact) mass is 260 g/mol. The van der Waals surface area contributed by atoms with Crippen LogP contribution in [0.25, 0.3) is 0 Å². The lowest BCUT2D eigenvalue weighted by molar-refractivity contribution is 1.29. The lowest BCUT2D eigenvalue weighted by Gasteiger charge is -2.14. The maximum atomic E-state index is 5.98. The molecule has 0 unspecified atom stereocenters. The number of hydrogen-bond acceptors (Lipinski definition) is 2. The van der Waals surface area contributed by atoms with E-state index >= 15 is 0 Å². The highest BCUT2D eigenvalue weighted by Crippen LogP contribution is 2.29. The predicted molar refractivity (Wildman–Crippen MR) is 79.8 cm³/mol. The molecule has 0 bridgehead atoms. The molecule has 94 valence electrons. The fraction of sp³-hybridized carbons (Fsp3) is 0.200. The van der Waals surface area contributed by atoms with Crippen LogP contribution in [0.15, 0.2) is 30.3 Å². The Bertz CT molecular complexity index is 591. The van der Waals surface area contributed by atoms with Gasteiger partial charge >= 0.3 is 0 Å². The highest BCUT2D eigenvalue weighted by atomic mass is 35.5. The van der Waals surface area contributed by atoms with Crippen LogP contribution in [0.4, 0.5) is 17.1 Å². The summed E-state index contributed by atoms with van der Waals surface area (Å²) < 4.78 is 0. The van der Waals surface area contributed by atoms with Crippen LogP contribution in [0.3, 0.4) is 0 Å². The van der Waals surface area contributed by atoms with Crippen molar-refractivity contribution in [3.63, 3.8) is 0 Å². The third kappa shape index (κ3) is 2.59. The van der Waals surface area contributed by atoms with E-state index in [1.54, 1.807) is 12.1 Å². The zero-order chi connectivity index (χ0) is 13.3. The molecule has 0 spiro atoms. The topological polar surface area (TPSA) is 38.0 Å². The van der Waals surface area contributed by atoms with Crippen molar-refractivity contribution in [2.45, 2.75) is 20.8 Å². The second-order valence-corrected chi connectivity index (χ2v) is 5.04. The molecule has 2 nitrogen and oxygen atoms in total. The Morgan fingerprint density at radius 3 is 2.28 bits per heavy atom. The average Bonchev–Trinajstić information content (AvgIpc) is 2.30. The fourth-order valence-electron chi connectivity index (χ4n) is 1.88. The number of nitrogens with two attached hydrogens (primary N) is 1. The van der Waals surface area contributed by atoms with E-state index in [2.05, 4.69) is 38.2 Å². The van der Waals surface area contributed by atoms with Crippen molar-refractivity contribution < 1.29 is 0 Å². The third-order valence-electron chi connectivity index (χ3n) is 3.13. The molecule has 0 fully saturated rings. The van der Waals surface area contributed by atoms with Crippen LogP contribution in [0.5, 0.6) is 0 Å². The van der Waals surface area contributed by atoms with Gasteiger partial charge in [-0.05, 0) is 61.7 Å². The molecule has 0 aliphatic heterocycles. The Labute approximate surface area is 113 Å². The molecule has 0 aromatic heterocycles. The van der Waals surface area contributed by atoms with Gasteiger partial charge in [0.1, 0.15) is 0 Å². The zero-order valence-electron chi connectivity index (χ0n) is 10.8. The zero-order valence-corrected chi connectivity index (χ0v) is 11.6. The Balaban J connectivity index is 2.40. The summed E-state index contributed by atoms with van der Waals surface area (Å²) in [5.74, 6) is 0. The molecule has 0 heterocycles. The Morgan fingerprint density at radius 2 is 1.56 bits per heavy atom. The van der Waals surface area contributed by atoms with Crippen LogP contribution in [0.2, 0.25) is 5.02 Å². The Hall–Kier alpha value is -1.67. The van der Waals surface area contributed by atoms with Gasteiger partial charge in [-0.15, -0.1) is 0 Å². The minimum atomic E-state index is 0.674. The van der Waals surface area contributed by atoms with Gasteiger partial charge in [0.2, 0.25) is 0 Å². The molecule has 0 aliphatic carbocycles. The van der Waals surface area contributed by atoms with Crippen molar-refractivity contribution in [2.24, 2.45) is 0 Å². The van der Waals surface area contributed by atoms with E-state index in [0.29, 0.717) is 10.7 Å². The summed E-state index contributed by atoms with van der Waals surface area (Å²) in [6, 6.07) is 9.73. The highest BCUT2D eigenvalue weighted by Gasteiger charge is 2.05. The summed E-state index contributed by atoms with van der Waals surface area (Å²) >= 11 is 5.98. The van der Waals surface area contributed by atoms with E-state index in [1.807, 2.05) is 6.07 Å². The molecule has 2 aromatic carbocycles. The van der Waals surface area contributed by atoms with Gasteiger partial charge in [-0.3, -0.25) is 0 Å². The van der Waals surface area contributed by atoms with Crippen molar-refractivity contribution >= 4 is 28.7 Å². The summed E-state index contributed by atoms with van der Waals surface area (Å²) in [6.07, 6.45) is 0. The van der Waals surface area contributed by atoms with Crippen molar-refractivity contribution in [3.8, 4) is 0 Å². The average molecular weight is 261 g/mol. The van der Waals surface area contributed by atoms with Crippen molar-refractivity contribution in [1.29, 1.82) is 0 Å². The second-order valence-electron chi connectivity index (χ2n) is 4.61. The minimum Gasteiger partial charge on any atom is -0.397 e. The number of anilines is 3. The molecule has 3 N–H and O–H groups in total. The SMILES string of the molecule is Cc1cc(C)c(Nc2cc(Cl)ccc2N)cc1C. The largest absolute Gasteiger partial charge is 0.397 e. The number of benzene rings is 2. The number of nitrogens with one attached hydrogen (secondary N) is 1. The number of rotatable bonds is 2. The third-order valence-corrected chi connectivity index (χ3v) is 3.36. The van der Waals surface area contributed by atoms with Gasteiger partial charge in [0.05, 0.1) is 11.4 Å². The molecule has 0 atom stereocenters. The van der Waals surface area contributed by atoms with E-state index in [9.17, 15) is 0 Å². The summed E-state index contributed by atoms with van der Waals surface area (Å²) in [5, 5.41) is 4.01. The number of halogens is 1. The first kappa shape index (κ1) is 12.8. The van der Waals surface area contributed by atoms with E-state index in [4.69, 9.17) is 17.3 Å². The van der Waals surface area contributed by atoms with Crippen LogP contribution < -0.4 is 11.1 Å². The smallest absolute Gasteiger partial charge is 0.0632 e. The summed E-state index contributed by atoms with van der Waals surface area (Å²) in [5.41, 5.74) is 12.3. The fourth-order valence-corrected chi connectivity index (χ4v) is 2.05. The summed E-state index contributed by atoms with van der Waals surface area (Å²) in [4.78, 5) is 0. The van der Waals surface area contributed by atoms with Gasteiger partial charge in [-0.1, -0.05) is 17.7 Å². The molecule has 18 heavy (non-hydrogen) atoms. The van der Waals surface area contributed by atoms with Gasteiger partial charge in [-0.2, -0.15) is 0 Å². The first-order chi connectivity index (χ1) is 8.47. The number of hydrogen-bond donors (Lipinski definition) is 2. The second kappa shape index (κ2) is 4.91. The van der Waals surface area contributed by atoms with Crippen LogP contribution in [-0.2, 0) is 0 Å². The predicted octanol–water partition coefficient (Wildman–Crippen LogP) is 4.59. The van der Waals surface area contributed by atoms with Crippen LogP contribution in [-0.4, -0.2) is 0 Å². The Morgan fingerprint density at radius 1 is 0.889 bits per heavy atom. The molecule has 0 amide bonds. The molecular weight excluding hydrogens is 244 g/mol. The molecule has 0 aliphatic rings. The van der Waals surface area contributed by atoms with Crippen LogP contribution in [0.1, 0.15) is 16.7 Å². The van der Waals surface area contributed by atoms with E-state index in [1.165, 1.54) is 16.7 Å². The maximum Gasteiger partial charge on any atom is 0.0632 e.